The number of nitrogens with one attached hydrogen (secondary N) is 2. The number of carbonyl (C=O) groups is 4. The topological polar surface area (TPSA) is 122 Å². The molecule has 0 radical (unpaired) electrons. The highest BCUT2D eigenvalue weighted by molar-refractivity contribution is 7.14. The minimum absolute atomic E-state index is 0.178. The molecular formula is C18H18N4O4S. The third-order valence-corrected chi connectivity index (χ3v) is 5.29. The van der Waals surface area contributed by atoms with E-state index in [-0.39, 0.29) is 10.6 Å². The summed E-state index contributed by atoms with van der Waals surface area (Å²) in [6.07, 6.45) is 0.344. The van der Waals surface area contributed by atoms with Crippen LogP contribution in [-0.2, 0) is 15.1 Å². The fourth-order valence-electron chi connectivity index (χ4n) is 3.04. The highest BCUT2D eigenvalue weighted by Crippen LogP contribution is 2.32. The molecule has 2 aromatic rings. The van der Waals surface area contributed by atoms with Crippen molar-refractivity contribution in [1.82, 2.24) is 10.2 Å². The first-order chi connectivity index (χ1) is 12.9. The average Bonchev–Trinajstić information content (AvgIpc) is 3.21. The summed E-state index contributed by atoms with van der Waals surface area (Å²) in [5.41, 5.74) is 4.89. The first-order valence-electron chi connectivity index (χ1n) is 8.26. The summed E-state index contributed by atoms with van der Waals surface area (Å²) in [4.78, 5) is 49.9. The number of nitrogens with two attached hydrogens (primary N) is 1. The van der Waals surface area contributed by atoms with Gasteiger partial charge in [-0.15, -0.1) is 11.3 Å². The fourth-order valence-corrected chi connectivity index (χ4v) is 3.85. The first-order valence-corrected chi connectivity index (χ1v) is 9.13. The summed E-state index contributed by atoms with van der Waals surface area (Å²) in [5.74, 6) is -1.75. The van der Waals surface area contributed by atoms with Crippen LogP contribution in [0.1, 0.15) is 29.3 Å². The molecule has 9 heteroatoms. The van der Waals surface area contributed by atoms with Crippen LogP contribution in [0.2, 0.25) is 0 Å². The van der Waals surface area contributed by atoms with E-state index in [9.17, 15) is 19.2 Å². The number of amides is 5. The molecule has 1 saturated heterocycles. The number of primary amides is 1. The van der Waals surface area contributed by atoms with E-state index < -0.39 is 35.8 Å². The van der Waals surface area contributed by atoms with Gasteiger partial charge in [-0.05, 0) is 23.4 Å². The fraction of sp³-hybridized carbons (Fsp3) is 0.222. The second-order valence-corrected chi connectivity index (χ2v) is 6.94. The number of nitrogens with zero attached hydrogens (tertiary/aromatic N) is 1. The van der Waals surface area contributed by atoms with E-state index in [1.54, 1.807) is 36.6 Å². The number of imide groups is 1. The standard InChI is InChI=1S/C18H18N4O4S/c1-2-18(11-6-4-3-5-7-11)16(25)22(17(26)21-18)10-13(23)20-15-12(14(19)24)8-9-27-15/h3-9H,2,10H2,1H3,(H2,19,24)(H,20,23)(H,21,26)/t18-/m0/s1. The van der Waals surface area contributed by atoms with Gasteiger partial charge in [-0.1, -0.05) is 37.3 Å². The number of hydrogen-bond donors (Lipinski definition) is 3. The van der Waals surface area contributed by atoms with Crippen LogP contribution in [0, 0.1) is 0 Å². The molecule has 5 amide bonds. The molecule has 0 spiro atoms. The zero-order chi connectivity index (χ0) is 19.6. The molecule has 4 N–H and O–H groups in total. The van der Waals surface area contributed by atoms with Crippen molar-refractivity contribution >= 4 is 40.1 Å². The Kier molecular flexibility index (Phi) is 4.95. The SMILES string of the molecule is CC[C@@]1(c2ccccc2)NC(=O)N(CC(=O)Nc2sccc2C(N)=O)C1=O. The maximum Gasteiger partial charge on any atom is 0.325 e. The highest BCUT2D eigenvalue weighted by atomic mass is 32.1. The van der Waals surface area contributed by atoms with Crippen LogP contribution in [0.15, 0.2) is 41.8 Å². The van der Waals surface area contributed by atoms with Gasteiger partial charge in [-0.2, -0.15) is 0 Å². The van der Waals surface area contributed by atoms with Crippen LogP contribution in [0.5, 0.6) is 0 Å². The highest BCUT2D eigenvalue weighted by Gasteiger charge is 2.51. The van der Waals surface area contributed by atoms with E-state index in [0.29, 0.717) is 12.0 Å². The Labute approximate surface area is 159 Å². The number of rotatable bonds is 6. The Morgan fingerprint density at radius 2 is 1.93 bits per heavy atom. The molecule has 0 bridgehead atoms. The van der Waals surface area contributed by atoms with Crippen LogP contribution >= 0.6 is 11.3 Å². The van der Waals surface area contributed by atoms with E-state index in [2.05, 4.69) is 10.6 Å². The number of anilines is 1. The summed E-state index contributed by atoms with van der Waals surface area (Å²) in [6, 6.07) is 9.76. The number of hydrogen-bond acceptors (Lipinski definition) is 5. The van der Waals surface area contributed by atoms with Crippen molar-refractivity contribution in [3.63, 3.8) is 0 Å². The minimum Gasteiger partial charge on any atom is -0.366 e. The van der Waals surface area contributed by atoms with Gasteiger partial charge in [0.1, 0.15) is 17.1 Å². The number of carbonyl (C=O) groups excluding carboxylic acids is 4. The van der Waals surface area contributed by atoms with Crippen LogP contribution in [0.3, 0.4) is 0 Å². The Morgan fingerprint density at radius 3 is 2.56 bits per heavy atom. The molecule has 0 saturated carbocycles. The molecule has 1 atom stereocenters. The summed E-state index contributed by atoms with van der Waals surface area (Å²) < 4.78 is 0. The molecule has 0 unspecified atom stereocenters. The van der Waals surface area contributed by atoms with Crippen molar-refractivity contribution in [2.45, 2.75) is 18.9 Å². The molecule has 27 heavy (non-hydrogen) atoms. The molecule has 1 aliphatic heterocycles. The van der Waals surface area contributed by atoms with Gasteiger partial charge in [0, 0.05) is 0 Å². The molecule has 8 nitrogen and oxygen atoms in total. The second-order valence-electron chi connectivity index (χ2n) is 6.02. The van der Waals surface area contributed by atoms with Crippen molar-refractivity contribution in [2.75, 3.05) is 11.9 Å². The zero-order valence-electron chi connectivity index (χ0n) is 14.5. The Hall–Kier alpha value is -3.20. The number of benzene rings is 1. The van der Waals surface area contributed by atoms with Gasteiger partial charge in [0.05, 0.1) is 5.56 Å². The molecule has 1 aromatic heterocycles. The zero-order valence-corrected chi connectivity index (χ0v) is 15.3. The van der Waals surface area contributed by atoms with Crippen LogP contribution in [0.25, 0.3) is 0 Å². The lowest BCUT2D eigenvalue weighted by atomic mass is 9.87. The molecular weight excluding hydrogens is 368 g/mol. The lowest BCUT2D eigenvalue weighted by molar-refractivity contribution is -0.134. The summed E-state index contributed by atoms with van der Waals surface area (Å²) in [5, 5.41) is 7.14. The average molecular weight is 386 g/mol. The lowest BCUT2D eigenvalue weighted by Crippen LogP contribution is -2.44. The maximum absolute atomic E-state index is 13.0. The van der Waals surface area contributed by atoms with Gasteiger partial charge in [0.2, 0.25) is 5.91 Å². The van der Waals surface area contributed by atoms with E-state index in [1.165, 1.54) is 6.07 Å². The van der Waals surface area contributed by atoms with Gasteiger partial charge in [-0.25, -0.2) is 4.79 Å². The van der Waals surface area contributed by atoms with Crippen molar-refractivity contribution in [2.24, 2.45) is 5.73 Å². The third-order valence-electron chi connectivity index (χ3n) is 4.46. The molecule has 1 aromatic carbocycles. The minimum atomic E-state index is -1.19. The van der Waals surface area contributed by atoms with Crippen molar-refractivity contribution < 1.29 is 19.2 Å². The van der Waals surface area contributed by atoms with Crippen LogP contribution < -0.4 is 16.4 Å². The normalized spacial score (nSPS) is 19.1. The summed E-state index contributed by atoms with van der Waals surface area (Å²) in [7, 11) is 0. The lowest BCUT2D eigenvalue weighted by Gasteiger charge is -2.25. The summed E-state index contributed by atoms with van der Waals surface area (Å²) in [6.45, 7) is 1.33. The smallest absolute Gasteiger partial charge is 0.325 e. The van der Waals surface area contributed by atoms with Crippen molar-refractivity contribution in [3.05, 3.63) is 52.9 Å². The molecule has 1 aliphatic rings. The molecule has 1 fully saturated rings. The van der Waals surface area contributed by atoms with Gasteiger partial charge in [-0.3, -0.25) is 19.3 Å². The van der Waals surface area contributed by atoms with Crippen molar-refractivity contribution in [1.29, 1.82) is 0 Å². The molecule has 140 valence electrons. The predicted molar refractivity (Wildman–Crippen MR) is 100 cm³/mol. The van der Waals surface area contributed by atoms with E-state index in [4.69, 9.17) is 5.73 Å². The second kappa shape index (κ2) is 7.20. The summed E-state index contributed by atoms with van der Waals surface area (Å²) >= 11 is 1.13. The Morgan fingerprint density at radius 1 is 1.22 bits per heavy atom. The monoisotopic (exact) mass is 386 g/mol. The molecule has 0 aliphatic carbocycles. The van der Waals surface area contributed by atoms with E-state index in [0.717, 1.165) is 16.2 Å². The maximum atomic E-state index is 13.0. The number of thiophene rings is 1. The van der Waals surface area contributed by atoms with Gasteiger partial charge >= 0.3 is 6.03 Å². The number of urea groups is 1. The first kappa shape index (κ1) is 18.6. The molecule has 3 rings (SSSR count). The van der Waals surface area contributed by atoms with E-state index in [1.807, 2.05) is 6.07 Å². The van der Waals surface area contributed by atoms with Crippen LogP contribution in [-0.4, -0.2) is 35.2 Å². The van der Waals surface area contributed by atoms with Crippen molar-refractivity contribution in [3.8, 4) is 0 Å². The third kappa shape index (κ3) is 3.28. The van der Waals surface area contributed by atoms with Gasteiger partial charge < -0.3 is 16.4 Å². The Bertz CT molecular complexity index is 911. The van der Waals surface area contributed by atoms with Crippen LogP contribution in [0.4, 0.5) is 9.80 Å². The Balaban J connectivity index is 1.78. The quantitative estimate of drug-likeness (QED) is 0.653. The largest absolute Gasteiger partial charge is 0.366 e. The van der Waals surface area contributed by atoms with Gasteiger partial charge in [0.15, 0.2) is 0 Å². The predicted octanol–water partition coefficient (Wildman–Crippen LogP) is 1.64. The van der Waals surface area contributed by atoms with Gasteiger partial charge in [0.25, 0.3) is 11.8 Å². The molecule has 2 heterocycles. The van der Waals surface area contributed by atoms with E-state index >= 15 is 0 Å².